The second-order valence-electron chi connectivity index (χ2n) is 4.68. The summed E-state index contributed by atoms with van der Waals surface area (Å²) >= 11 is 0. The lowest BCUT2D eigenvalue weighted by Crippen LogP contribution is -2.34. The Hall–Kier alpha value is -1.50. The summed E-state index contributed by atoms with van der Waals surface area (Å²) in [5, 5.41) is 20.8. The van der Waals surface area contributed by atoms with Gasteiger partial charge in [0, 0.05) is 6.61 Å². The van der Waals surface area contributed by atoms with Crippen LogP contribution in [0.15, 0.2) is 0 Å². The van der Waals surface area contributed by atoms with Gasteiger partial charge in [0.25, 0.3) is 0 Å². The molecule has 1 saturated carbocycles. The lowest BCUT2D eigenvalue weighted by atomic mass is 9.86. The molecular weight excluding hydrogens is 236 g/mol. The molecule has 0 aliphatic heterocycles. The largest absolute Gasteiger partial charge is 0.481 e. The molecule has 0 aromatic carbocycles. The zero-order valence-corrected chi connectivity index (χ0v) is 10.5. The number of carboxylic acid groups (broad SMARTS) is 1. The van der Waals surface area contributed by atoms with Crippen molar-refractivity contribution < 1.29 is 14.6 Å². The minimum atomic E-state index is -0.752. The maximum Gasteiger partial charge on any atom is 0.311 e. The number of nitrogens with zero attached hydrogens (tertiary/aromatic N) is 4. The predicted molar refractivity (Wildman–Crippen MR) is 61.7 cm³/mol. The van der Waals surface area contributed by atoms with Crippen molar-refractivity contribution in [3.8, 4) is 0 Å². The highest BCUT2D eigenvalue weighted by molar-refractivity contribution is 5.74. The van der Waals surface area contributed by atoms with Crippen LogP contribution < -0.4 is 0 Å². The van der Waals surface area contributed by atoms with Crippen LogP contribution in [0.2, 0.25) is 0 Å². The van der Waals surface area contributed by atoms with Crippen LogP contribution in [0.3, 0.4) is 0 Å². The fraction of sp³-hybridized carbons (Fsp3) is 0.818. The summed E-state index contributed by atoms with van der Waals surface area (Å²) < 4.78 is 6.83. The quantitative estimate of drug-likeness (QED) is 0.809. The zero-order chi connectivity index (χ0) is 13.0. The van der Waals surface area contributed by atoms with Crippen LogP contribution in [0.4, 0.5) is 0 Å². The molecule has 7 heteroatoms. The first-order valence-electron chi connectivity index (χ1n) is 6.24. The summed E-state index contributed by atoms with van der Waals surface area (Å²) in [7, 11) is 0. The Morgan fingerprint density at radius 2 is 2.22 bits per heavy atom. The molecule has 1 aliphatic carbocycles. The topological polar surface area (TPSA) is 90.1 Å². The first-order valence-corrected chi connectivity index (χ1v) is 6.24. The number of ether oxygens (including phenoxy) is 1. The van der Waals surface area contributed by atoms with Gasteiger partial charge in [0.2, 0.25) is 0 Å². The molecule has 2 rings (SSSR count). The van der Waals surface area contributed by atoms with Gasteiger partial charge in [-0.25, -0.2) is 4.68 Å². The molecule has 1 fully saturated rings. The lowest BCUT2D eigenvalue weighted by molar-refractivity contribution is -0.149. The molecule has 18 heavy (non-hydrogen) atoms. The van der Waals surface area contributed by atoms with Gasteiger partial charge < -0.3 is 9.84 Å². The maximum atomic E-state index is 11.5. The number of hydrogen-bond donors (Lipinski definition) is 1. The van der Waals surface area contributed by atoms with Crippen LogP contribution in [0.25, 0.3) is 0 Å². The molecule has 0 amide bonds. The van der Waals surface area contributed by atoms with Crippen molar-refractivity contribution in [2.45, 2.75) is 45.8 Å². The summed E-state index contributed by atoms with van der Waals surface area (Å²) in [6, 6.07) is 0. The molecule has 0 atom stereocenters. The molecule has 0 saturated heterocycles. The second-order valence-corrected chi connectivity index (χ2v) is 4.68. The van der Waals surface area contributed by atoms with E-state index in [-0.39, 0.29) is 0 Å². The number of tetrazole rings is 1. The number of carboxylic acids is 1. The SMILES string of the molecule is CCOCc1nnnn1CC1(C(=O)O)CCCC1. The maximum absolute atomic E-state index is 11.5. The van der Waals surface area contributed by atoms with E-state index in [9.17, 15) is 9.90 Å². The molecule has 100 valence electrons. The number of aliphatic carboxylic acids is 1. The smallest absolute Gasteiger partial charge is 0.311 e. The van der Waals surface area contributed by atoms with Gasteiger partial charge in [-0.15, -0.1) is 5.10 Å². The van der Waals surface area contributed by atoms with Gasteiger partial charge in [-0.3, -0.25) is 4.79 Å². The van der Waals surface area contributed by atoms with Gasteiger partial charge >= 0.3 is 5.97 Å². The third kappa shape index (κ3) is 2.50. The highest BCUT2D eigenvalue weighted by Crippen LogP contribution is 2.39. The molecular formula is C11H18N4O3. The second kappa shape index (κ2) is 5.43. The summed E-state index contributed by atoms with van der Waals surface area (Å²) in [4.78, 5) is 11.5. The van der Waals surface area contributed by atoms with Crippen molar-refractivity contribution in [2.75, 3.05) is 6.61 Å². The third-order valence-electron chi connectivity index (χ3n) is 3.51. The van der Waals surface area contributed by atoms with E-state index < -0.39 is 11.4 Å². The molecule has 0 unspecified atom stereocenters. The normalized spacial score (nSPS) is 18.1. The summed E-state index contributed by atoms with van der Waals surface area (Å²) in [6.07, 6.45) is 3.29. The van der Waals surface area contributed by atoms with E-state index in [1.807, 2.05) is 6.92 Å². The standard InChI is InChI=1S/C11H18N4O3/c1-2-18-7-9-12-13-14-15(9)8-11(10(16)17)5-3-4-6-11/h2-8H2,1H3,(H,16,17). The minimum Gasteiger partial charge on any atom is -0.481 e. The lowest BCUT2D eigenvalue weighted by Gasteiger charge is -2.23. The van der Waals surface area contributed by atoms with Crippen LogP contribution in [0.1, 0.15) is 38.4 Å². The van der Waals surface area contributed by atoms with Crippen LogP contribution in [-0.2, 0) is 22.7 Å². The summed E-state index contributed by atoms with van der Waals surface area (Å²) in [5.74, 6) is -0.165. The van der Waals surface area contributed by atoms with Crippen molar-refractivity contribution in [3.05, 3.63) is 5.82 Å². The molecule has 1 N–H and O–H groups in total. The van der Waals surface area contributed by atoms with Crippen molar-refractivity contribution in [1.82, 2.24) is 20.2 Å². The van der Waals surface area contributed by atoms with Crippen molar-refractivity contribution in [1.29, 1.82) is 0 Å². The van der Waals surface area contributed by atoms with Crippen LogP contribution in [0, 0.1) is 5.41 Å². The Morgan fingerprint density at radius 3 is 2.83 bits per heavy atom. The van der Waals surface area contributed by atoms with E-state index in [2.05, 4.69) is 15.5 Å². The average Bonchev–Trinajstić information content (AvgIpc) is 2.97. The fourth-order valence-corrected chi connectivity index (χ4v) is 2.42. The zero-order valence-electron chi connectivity index (χ0n) is 10.5. The number of hydrogen-bond acceptors (Lipinski definition) is 5. The average molecular weight is 254 g/mol. The third-order valence-corrected chi connectivity index (χ3v) is 3.51. The van der Waals surface area contributed by atoms with Gasteiger partial charge in [0.1, 0.15) is 6.61 Å². The number of rotatable bonds is 6. The van der Waals surface area contributed by atoms with Crippen molar-refractivity contribution in [2.24, 2.45) is 5.41 Å². The molecule has 1 aromatic rings. The Labute approximate surface area is 105 Å². The fourth-order valence-electron chi connectivity index (χ4n) is 2.42. The van der Waals surface area contributed by atoms with E-state index in [0.29, 0.717) is 38.4 Å². The van der Waals surface area contributed by atoms with E-state index in [1.165, 1.54) is 0 Å². The minimum absolute atomic E-state index is 0.319. The van der Waals surface area contributed by atoms with Crippen molar-refractivity contribution >= 4 is 5.97 Å². The van der Waals surface area contributed by atoms with E-state index in [0.717, 1.165) is 12.8 Å². The van der Waals surface area contributed by atoms with Crippen molar-refractivity contribution in [3.63, 3.8) is 0 Å². The molecule has 1 aromatic heterocycles. The molecule has 0 spiro atoms. The Morgan fingerprint density at radius 1 is 1.50 bits per heavy atom. The highest BCUT2D eigenvalue weighted by Gasteiger charge is 2.42. The molecule has 7 nitrogen and oxygen atoms in total. The number of carbonyl (C=O) groups is 1. The first kappa shape index (κ1) is 12.9. The summed E-state index contributed by atoms with van der Waals surface area (Å²) in [5.41, 5.74) is -0.712. The summed E-state index contributed by atoms with van der Waals surface area (Å²) in [6.45, 7) is 3.12. The van der Waals surface area contributed by atoms with Gasteiger partial charge in [0.05, 0.1) is 12.0 Å². The Bertz CT molecular complexity index is 412. The highest BCUT2D eigenvalue weighted by atomic mass is 16.5. The van der Waals surface area contributed by atoms with E-state index in [4.69, 9.17) is 4.74 Å². The molecule has 1 heterocycles. The Kier molecular flexibility index (Phi) is 3.90. The van der Waals surface area contributed by atoms with E-state index in [1.54, 1.807) is 4.68 Å². The predicted octanol–water partition coefficient (Wildman–Crippen LogP) is 0.855. The van der Waals surface area contributed by atoms with Gasteiger partial charge in [-0.2, -0.15) is 0 Å². The van der Waals surface area contributed by atoms with Crippen LogP contribution in [-0.4, -0.2) is 37.9 Å². The molecule has 1 aliphatic rings. The van der Waals surface area contributed by atoms with Gasteiger partial charge in [-0.1, -0.05) is 12.8 Å². The van der Waals surface area contributed by atoms with Gasteiger partial charge in [-0.05, 0) is 30.2 Å². The molecule has 0 radical (unpaired) electrons. The van der Waals surface area contributed by atoms with Crippen LogP contribution in [0.5, 0.6) is 0 Å². The molecule has 0 bridgehead atoms. The van der Waals surface area contributed by atoms with E-state index >= 15 is 0 Å². The first-order chi connectivity index (χ1) is 8.68. The Balaban J connectivity index is 2.12. The monoisotopic (exact) mass is 254 g/mol. The number of aromatic nitrogens is 4. The van der Waals surface area contributed by atoms with Crippen LogP contribution >= 0.6 is 0 Å². The van der Waals surface area contributed by atoms with Gasteiger partial charge in [0.15, 0.2) is 5.82 Å².